The molecule has 0 spiro atoms. The van der Waals surface area contributed by atoms with Crippen LogP contribution in [0.2, 0.25) is 0 Å². The van der Waals surface area contributed by atoms with E-state index in [9.17, 15) is 22.3 Å². The van der Waals surface area contributed by atoms with Crippen LogP contribution in [0, 0.1) is 29.6 Å². The Morgan fingerprint density at radius 3 is 2.25 bits per heavy atom. The van der Waals surface area contributed by atoms with Crippen LogP contribution in [-0.2, 0) is 10.0 Å². The minimum atomic E-state index is -3.34. The molecule has 6 unspecified atom stereocenters. The van der Waals surface area contributed by atoms with E-state index in [1.54, 1.807) is 0 Å². The molecule has 5 fully saturated rings. The summed E-state index contributed by atoms with van der Waals surface area (Å²) in [6.45, 7) is 4.31. The SMILES string of the molecule is CC1CCCCC1S(=O)(=O)N1CCCCN2C(C1)[C@H](C1CCC(C3CCCC(F)C3F)CC1)[C@H]2CO. The van der Waals surface area contributed by atoms with E-state index >= 15 is 0 Å². The van der Waals surface area contributed by atoms with Crippen LogP contribution < -0.4 is 0 Å². The third-order valence-electron chi connectivity index (χ3n) is 10.9. The van der Waals surface area contributed by atoms with Crippen molar-refractivity contribution in [2.24, 2.45) is 29.6 Å². The highest BCUT2D eigenvalue weighted by atomic mass is 32.2. The molecule has 8 heteroatoms. The summed E-state index contributed by atoms with van der Waals surface area (Å²) in [5.74, 6) is 1.06. The van der Waals surface area contributed by atoms with Gasteiger partial charge in [0.05, 0.1) is 11.9 Å². The first-order valence-electron chi connectivity index (χ1n) is 15.0. The van der Waals surface area contributed by atoms with Gasteiger partial charge in [0.15, 0.2) is 0 Å². The molecule has 0 amide bonds. The van der Waals surface area contributed by atoms with Gasteiger partial charge in [-0.25, -0.2) is 21.5 Å². The molecule has 1 N–H and O–H groups in total. The Morgan fingerprint density at radius 2 is 1.53 bits per heavy atom. The van der Waals surface area contributed by atoms with Crippen LogP contribution in [0.5, 0.6) is 0 Å². The van der Waals surface area contributed by atoms with Crippen LogP contribution in [0.4, 0.5) is 8.78 Å². The number of aliphatic hydroxyl groups is 1. The zero-order valence-electron chi connectivity index (χ0n) is 22.1. The number of rotatable bonds is 5. The highest BCUT2D eigenvalue weighted by Crippen LogP contribution is 2.49. The van der Waals surface area contributed by atoms with E-state index < -0.39 is 22.4 Å². The highest BCUT2D eigenvalue weighted by molar-refractivity contribution is 7.89. The van der Waals surface area contributed by atoms with Gasteiger partial charge in [0.25, 0.3) is 0 Å². The topological polar surface area (TPSA) is 60.9 Å². The van der Waals surface area contributed by atoms with Crippen LogP contribution in [0.25, 0.3) is 0 Å². The van der Waals surface area contributed by atoms with E-state index in [1.807, 2.05) is 4.31 Å². The van der Waals surface area contributed by atoms with Crippen molar-refractivity contribution in [1.29, 1.82) is 0 Å². The first-order valence-corrected chi connectivity index (χ1v) is 16.5. The molecule has 3 saturated carbocycles. The second-order valence-electron chi connectivity index (χ2n) is 12.8. The van der Waals surface area contributed by atoms with Gasteiger partial charge in [-0.3, -0.25) is 4.90 Å². The minimum absolute atomic E-state index is 0.103. The number of nitrogens with zero attached hydrogens (tertiary/aromatic N) is 2. The number of aliphatic hydroxyl groups excluding tert-OH is 1. The zero-order chi connectivity index (χ0) is 25.4. The standard InChI is InChI=1S/C28H48F2N2O3S/c1-19-7-2-3-10-26(19)36(34,35)31-15-4-5-16-32-24(17-31)27(25(32)18-33)21-13-11-20(12-14-21)22-8-6-9-23(29)28(22)30/h19-28,33H,2-18H2,1H3/t19?,20?,21?,22?,23?,24?,25-,26?,27+,28?/m1/s1. The van der Waals surface area contributed by atoms with Crippen LogP contribution in [0.15, 0.2) is 0 Å². The van der Waals surface area contributed by atoms with Crippen molar-refractivity contribution < 1.29 is 22.3 Å². The van der Waals surface area contributed by atoms with Crippen molar-refractivity contribution in [2.75, 3.05) is 26.2 Å². The molecule has 0 aromatic carbocycles. The number of sulfonamides is 1. The molecule has 2 heterocycles. The van der Waals surface area contributed by atoms with E-state index in [2.05, 4.69) is 11.8 Å². The molecule has 3 aliphatic carbocycles. The van der Waals surface area contributed by atoms with Gasteiger partial charge in [0.2, 0.25) is 10.0 Å². The average Bonchev–Trinajstić information content (AvgIpc) is 2.85. The van der Waals surface area contributed by atoms with Crippen molar-refractivity contribution in [3.63, 3.8) is 0 Å². The minimum Gasteiger partial charge on any atom is -0.395 e. The van der Waals surface area contributed by atoms with Crippen molar-refractivity contribution in [3.05, 3.63) is 0 Å². The van der Waals surface area contributed by atoms with Crippen molar-refractivity contribution in [2.45, 2.75) is 120 Å². The fourth-order valence-corrected chi connectivity index (χ4v) is 11.2. The monoisotopic (exact) mass is 530 g/mol. The van der Waals surface area contributed by atoms with Gasteiger partial charge in [-0.15, -0.1) is 0 Å². The Hall–Kier alpha value is -0.310. The van der Waals surface area contributed by atoms with E-state index in [0.29, 0.717) is 25.4 Å². The Balaban J connectivity index is 1.27. The normalized spacial score (nSPS) is 45.8. The highest BCUT2D eigenvalue weighted by Gasteiger charge is 2.54. The number of alkyl halides is 2. The molecule has 8 atom stereocenters. The maximum atomic E-state index is 14.6. The summed E-state index contributed by atoms with van der Waals surface area (Å²) >= 11 is 0. The lowest BCUT2D eigenvalue weighted by Gasteiger charge is -2.60. The lowest BCUT2D eigenvalue weighted by Crippen LogP contribution is -2.71. The predicted molar refractivity (Wildman–Crippen MR) is 139 cm³/mol. The fraction of sp³-hybridized carbons (Fsp3) is 1.00. The van der Waals surface area contributed by atoms with Gasteiger partial charge >= 0.3 is 0 Å². The molecule has 36 heavy (non-hydrogen) atoms. The molecule has 5 rings (SSSR count). The van der Waals surface area contributed by atoms with Crippen LogP contribution in [-0.4, -0.2) is 78.6 Å². The van der Waals surface area contributed by atoms with Crippen LogP contribution in [0.3, 0.4) is 0 Å². The molecule has 0 radical (unpaired) electrons. The largest absolute Gasteiger partial charge is 0.395 e. The van der Waals surface area contributed by atoms with Crippen LogP contribution in [0.1, 0.15) is 90.4 Å². The molecule has 0 aromatic heterocycles. The average molecular weight is 531 g/mol. The maximum absolute atomic E-state index is 14.6. The summed E-state index contributed by atoms with van der Waals surface area (Å²) in [5.41, 5.74) is 0. The van der Waals surface area contributed by atoms with E-state index in [4.69, 9.17) is 0 Å². The van der Waals surface area contributed by atoms with Crippen molar-refractivity contribution in [1.82, 2.24) is 9.21 Å². The zero-order valence-corrected chi connectivity index (χ0v) is 22.9. The number of fused-ring (bicyclic) bond motifs is 1. The lowest BCUT2D eigenvalue weighted by atomic mass is 9.62. The smallest absolute Gasteiger partial charge is 0.217 e. The Bertz CT molecular complexity index is 837. The summed E-state index contributed by atoms with van der Waals surface area (Å²) in [4.78, 5) is 2.38. The van der Waals surface area contributed by atoms with Gasteiger partial charge in [0, 0.05) is 25.2 Å². The summed E-state index contributed by atoms with van der Waals surface area (Å²) in [7, 11) is -3.34. The quantitative estimate of drug-likeness (QED) is 0.547. The summed E-state index contributed by atoms with van der Waals surface area (Å²) in [5, 5.41) is 10.0. The summed E-state index contributed by atoms with van der Waals surface area (Å²) < 4.78 is 58.1. The molecule has 2 saturated heterocycles. The van der Waals surface area contributed by atoms with Gasteiger partial charge in [-0.1, -0.05) is 26.2 Å². The van der Waals surface area contributed by atoms with Gasteiger partial charge in [-0.05, 0) is 100 Å². The Morgan fingerprint density at radius 1 is 0.833 bits per heavy atom. The summed E-state index contributed by atoms with van der Waals surface area (Å²) in [6, 6.07) is 0.267. The second-order valence-corrected chi connectivity index (χ2v) is 14.9. The van der Waals surface area contributed by atoms with Crippen LogP contribution >= 0.6 is 0 Å². The molecule has 208 valence electrons. The Labute approximate surface area is 217 Å². The third-order valence-corrected chi connectivity index (χ3v) is 13.4. The second kappa shape index (κ2) is 11.4. The fourth-order valence-electron chi connectivity index (χ4n) is 8.87. The van der Waals surface area contributed by atoms with E-state index in [-0.39, 0.29) is 47.6 Å². The van der Waals surface area contributed by atoms with Gasteiger partial charge in [-0.2, -0.15) is 0 Å². The van der Waals surface area contributed by atoms with Crippen molar-refractivity contribution in [3.8, 4) is 0 Å². The first-order chi connectivity index (χ1) is 17.3. The molecule has 5 aliphatic rings. The molecular formula is C28H48F2N2O3S. The molecule has 2 aliphatic heterocycles. The molecule has 0 bridgehead atoms. The number of halogens is 2. The van der Waals surface area contributed by atoms with Gasteiger partial charge in [0.1, 0.15) is 12.3 Å². The van der Waals surface area contributed by atoms with E-state index in [1.165, 1.54) is 0 Å². The molecule has 0 aromatic rings. The van der Waals surface area contributed by atoms with Crippen molar-refractivity contribution >= 4 is 10.0 Å². The maximum Gasteiger partial charge on any atom is 0.217 e. The molecule has 5 nitrogen and oxygen atoms in total. The predicted octanol–water partition coefficient (Wildman–Crippen LogP) is 4.93. The Kier molecular flexibility index (Phi) is 8.66. The molecular weight excluding hydrogens is 482 g/mol. The number of hydrogen-bond acceptors (Lipinski definition) is 4. The lowest BCUT2D eigenvalue weighted by molar-refractivity contribution is -0.124. The summed E-state index contributed by atoms with van der Waals surface area (Å²) in [6.07, 6.45) is 8.94. The number of hydrogen-bond donors (Lipinski definition) is 1. The third kappa shape index (κ3) is 5.14. The van der Waals surface area contributed by atoms with Gasteiger partial charge < -0.3 is 5.11 Å². The van der Waals surface area contributed by atoms with E-state index in [0.717, 1.165) is 83.6 Å². The first kappa shape index (κ1) is 27.3.